The molecule has 4 N–H and O–H groups in total. The van der Waals surface area contributed by atoms with Crippen LogP contribution in [0.25, 0.3) is 0 Å². The number of nitrogens with two attached hydrogens (primary N) is 1. The molecular weight excluding hydrogens is 369 g/mol. The van der Waals surface area contributed by atoms with Gasteiger partial charge in [-0.3, -0.25) is 13.9 Å². The van der Waals surface area contributed by atoms with Gasteiger partial charge in [0.05, 0.1) is 31.6 Å². The van der Waals surface area contributed by atoms with Crippen LogP contribution in [0.2, 0.25) is 0 Å². The van der Waals surface area contributed by atoms with Crippen molar-refractivity contribution in [3.05, 3.63) is 23.9 Å². The summed E-state index contributed by atoms with van der Waals surface area (Å²) in [7, 11) is -4.89. The van der Waals surface area contributed by atoms with Crippen LogP contribution < -0.4 is 10.6 Å². The Morgan fingerprint density at radius 2 is 2.12 bits per heavy atom. The third kappa shape index (κ3) is 6.08. The topological polar surface area (TPSA) is 120 Å². The standard InChI is InChI=1S/C11H16N2O3.C2H3F3O3S/c12-11(15)8-2-1-5-13(6-8)10-4-3-9(7-14)16-10;1-8-9(6,7)2(3,4)5/h1-2,5,9-10,14H,3-4,6-7H2,(H2,12,15);1H3/p+1/t9-,10+;/m0./s1. The molecule has 1 saturated heterocycles. The van der Waals surface area contributed by atoms with Gasteiger partial charge in [-0.2, -0.15) is 21.6 Å². The van der Waals surface area contributed by atoms with E-state index in [9.17, 15) is 26.4 Å². The van der Waals surface area contributed by atoms with E-state index in [0.717, 1.165) is 17.7 Å². The van der Waals surface area contributed by atoms with E-state index in [1.165, 1.54) is 0 Å². The molecule has 0 aromatic rings. The molecule has 8 nitrogen and oxygen atoms in total. The molecule has 1 unspecified atom stereocenters. The molecule has 2 rings (SSSR count). The van der Waals surface area contributed by atoms with Crippen LogP contribution in [0.5, 0.6) is 0 Å². The zero-order chi connectivity index (χ0) is 19.3. The van der Waals surface area contributed by atoms with Gasteiger partial charge in [0.1, 0.15) is 6.54 Å². The van der Waals surface area contributed by atoms with Gasteiger partial charge in [-0.25, -0.2) is 0 Å². The summed E-state index contributed by atoms with van der Waals surface area (Å²) < 4.78 is 61.5. The van der Waals surface area contributed by atoms with E-state index in [4.69, 9.17) is 15.6 Å². The highest BCUT2D eigenvalue weighted by Crippen LogP contribution is 2.23. The Bertz CT molecular complexity index is 632. The summed E-state index contributed by atoms with van der Waals surface area (Å²) in [6.45, 7) is 0.626. The largest absolute Gasteiger partial charge is 0.523 e. The Morgan fingerprint density at radius 1 is 1.48 bits per heavy atom. The number of primary amides is 1. The molecule has 0 aromatic carbocycles. The predicted octanol–water partition coefficient (Wildman–Crippen LogP) is -1.21. The molecule has 1 amide bonds. The third-order valence-corrected chi connectivity index (χ3v) is 4.55. The zero-order valence-corrected chi connectivity index (χ0v) is 14.1. The Morgan fingerprint density at radius 3 is 2.52 bits per heavy atom. The number of allylic oxidation sites excluding steroid dienone is 2. The number of rotatable bonds is 4. The molecule has 25 heavy (non-hydrogen) atoms. The van der Waals surface area contributed by atoms with Gasteiger partial charge < -0.3 is 15.6 Å². The molecule has 0 radical (unpaired) electrons. The molecule has 3 atom stereocenters. The second kappa shape index (κ2) is 8.76. The molecule has 12 heteroatoms. The first kappa shape index (κ1) is 21.6. The van der Waals surface area contributed by atoms with E-state index < -0.39 is 15.6 Å². The minimum Gasteiger partial charge on any atom is -0.394 e. The summed E-state index contributed by atoms with van der Waals surface area (Å²) in [6, 6.07) is 0. The summed E-state index contributed by atoms with van der Waals surface area (Å²) >= 11 is 0. The number of aliphatic hydroxyl groups is 1. The highest BCUT2D eigenvalue weighted by Gasteiger charge is 2.46. The van der Waals surface area contributed by atoms with Crippen molar-refractivity contribution in [1.29, 1.82) is 0 Å². The monoisotopic (exact) mass is 389 g/mol. The molecule has 0 saturated carbocycles. The Kier molecular flexibility index (Phi) is 7.56. The molecular formula is C13H20F3N2O6S+. The number of carbonyl (C=O) groups is 1. The molecule has 2 aliphatic heterocycles. The van der Waals surface area contributed by atoms with Crippen LogP contribution in [-0.2, 0) is 23.8 Å². The van der Waals surface area contributed by atoms with E-state index in [0.29, 0.717) is 19.2 Å². The van der Waals surface area contributed by atoms with Crippen molar-refractivity contribution in [2.75, 3.05) is 20.3 Å². The van der Waals surface area contributed by atoms with E-state index in [2.05, 4.69) is 4.18 Å². The molecule has 0 aromatic heterocycles. The number of carbonyl (C=O) groups excluding carboxylic acids is 1. The summed E-state index contributed by atoms with van der Waals surface area (Å²) in [4.78, 5) is 12.1. The number of nitrogens with one attached hydrogen (secondary N) is 1. The minimum absolute atomic E-state index is 0.0245. The quantitative estimate of drug-likeness (QED) is 0.410. The van der Waals surface area contributed by atoms with Crippen molar-refractivity contribution >= 4 is 16.0 Å². The van der Waals surface area contributed by atoms with E-state index in [1.807, 2.05) is 12.3 Å². The maximum absolute atomic E-state index is 11.1. The summed E-state index contributed by atoms with van der Waals surface area (Å²) in [5, 5.41) is 8.98. The lowest BCUT2D eigenvalue weighted by Crippen LogP contribution is -3.12. The first-order valence-electron chi connectivity index (χ1n) is 7.17. The second-order valence-corrected chi connectivity index (χ2v) is 6.94. The van der Waals surface area contributed by atoms with E-state index in [-0.39, 0.29) is 24.8 Å². The first-order valence-corrected chi connectivity index (χ1v) is 8.58. The molecule has 0 aliphatic carbocycles. The van der Waals surface area contributed by atoms with Gasteiger partial charge in [0, 0.05) is 6.42 Å². The third-order valence-electron chi connectivity index (χ3n) is 3.55. The fourth-order valence-electron chi connectivity index (χ4n) is 2.22. The fourth-order valence-corrected chi connectivity index (χ4v) is 2.41. The lowest BCUT2D eigenvalue weighted by Gasteiger charge is -2.23. The van der Waals surface area contributed by atoms with Gasteiger partial charge in [-0.05, 0) is 18.6 Å². The van der Waals surface area contributed by atoms with Crippen molar-refractivity contribution in [1.82, 2.24) is 0 Å². The van der Waals surface area contributed by atoms with Crippen LogP contribution in [0.4, 0.5) is 13.2 Å². The first-order chi connectivity index (χ1) is 11.5. The lowest BCUT2D eigenvalue weighted by atomic mass is 10.1. The van der Waals surface area contributed by atoms with Gasteiger partial charge >= 0.3 is 15.6 Å². The normalized spacial score (nSPS) is 26.6. The van der Waals surface area contributed by atoms with Crippen molar-refractivity contribution in [2.45, 2.75) is 30.7 Å². The SMILES string of the molecule is COS(=O)(=O)C(F)(F)F.NC(=O)C1=CC=C[NH+]([C@H]2CC[C@@H](CO)O2)C1. The van der Waals surface area contributed by atoms with Crippen LogP contribution in [0.3, 0.4) is 0 Å². The Balaban J connectivity index is 0.000000299. The second-order valence-electron chi connectivity index (χ2n) is 5.24. The summed E-state index contributed by atoms with van der Waals surface area (Å²) in [6.07, 6.45) is 7.27. The molecule has 144 valence electrons. The number of halogens is 3. The van der Waals surface area contributed by atoms with Crippen LogP contribution in [-0.4, -0.2) is 57.5 Å². The van der Waals surface area contributed by atoms with Crippen molar-refractivity contribution in [3.63, 3.8) is 0 Å². The predicted molar refractivity (Wildman–Crippen MR) is 79.2 cm³/mol. The smallest absolute Gasteiger partial charge is 0.394 e. The highest BCUT2D eigenvalue weighted by molar-refractivity contribution is 7.87. The number of alkyl halides is 3. The minimum atomic E-state index is -5.34. The Labute approximate surface area is 142 Å². The number of amides is 1. The van der Waals surface area contributed by atoms with Gasteiger partial charge in [0.15, 0.2) is 6.23 Å². The Hall–Kier alpha value is -1.47. The molecule has 2 heterocycles. The van der Waals surface area contributed by atoms with Gasteiger partial charge in [0.2, 0.25) is 5.91 Å². The van der Waals surface area contributed by atoms with Gasteiger partial charge in [0.25, 0.3) is 0 Å². The van der Waals surface area contributed by atoms with Crippen LogP contribution in [0.15, 0.2) is 23.9 Å². The zero-order valence-electron chi connectivity index (χ0n) is 13.3. The van der Waals surface area contributed by atoms with Crippen LogP contribution in [0.1, 0.15) is 12.8 Å². The van der Waals surface area contributed by atoms with Crippen LogP contribution >= 0.6 is 0 Å². The average molecular weight is 389 g/mol. The maximum atomic E-state index is 11.1. The van der Waals surface area contributed by atoms with Crippen LogP contribution in [0, 0.1) is 0 Å². The average Bonchev–Trinajstić information content (AvgIpc) is 3.03. The number of hydrogen-bond acceptors (Lipinski definition) is 6. The number of aliphatic hydroxyl groups excluding tert-OH is 1. The summed E-state index contributed by atoms with van der Waals surface area (Å²) in [5.41, 5.74) is 0.561. The number of hydrogen-bond donors (Lipinski definition) is 3. The van der Waals surface area contributed by atoms with E-state index in [1.54, 1.807) is 6.08 Å². The van der Waals surface area contributed by atoms with Gasteiger partial charge in [-0.15, -0.1) is 0 Å². The molecule has 0 spiro atoms. The molecule has 0 bridgehead atoms. The van der Waals surface area contributed by atoms with Gasteiger partial charge in [-0.1, -0.05) is 0 Å². The number of quaternary nitrogens is 1. The van der Waals surface area contributed by atoms with Crippen molar-refractivity contribution < 1.29 is 45.3 Å². The fraction of sp³-hybridized carbons (Fsp3) is 0.615. The maximum Gasteiger partial charge on any atom is 0.523 e. The summed E-state index contributed by atoms with van der Waals surface area (Å²) in [5.74, 6) is -0.376. The van der Waals surface area contributed by atoms with Crippen molar-refractivity contribution in [2.24, 2.45) is 5.73 Å². The lowest BCUT2D eigenvalue weighted by molar-refractivity contribution is -0.894. The highest BCUT2D eigenvalue weighted by atomic mass is 32.2. The molecule has 1 fully saturated rings. The van der Waals surface area contributed by atoms with E-state index >= 15 is 0 Å². The number of ether oxygens (including phenoxy) is 1. The molecule has 2 aliphatic rings. The van der Waals surface area contributed by atoms with Crippen molar-refractivity contribution in [3.8, 4) is 0 Å².